The highest BCUT2D eigenvalue weighted by atomic mass is 16.5. The summed E-state index contributed by atoms with van der Waals surface area (Å²) in [5.74, 6) is 0.916. The molecule has 0 spiro atoms. The van der Waals surface area contributed by atoms with Crippen molar-refractivity contribution in [1.82, 2.24) is 0 Å². The molecule has 0 aliphatic rings. The summed E-state index contributed by atoms with van der Waals surface area (Å²) in [5, 5.41) is 0. The number of benzene rings is 2. The maximum atomic E-state index is 5.69. The van der Waals surface area contributed by atoms with Crippen molar-refractivity contribution < 1.29 is 4.74 Å². The molecule has 0 aliphatic carbocycles. The molecule has 0 saturated carbocycles. The smallest absolute Gasteiger partial charge is 0.123 e. The first-order chi connectivity index (χ1) is 8.70. The fraction of sp³-hybridized carbons (Fsp3) is 0.200. The van der Waals surface area contributed by atoms with Crippen molar-refractivity contribution >= 4 is 11.4 Å². The Morgan fingerprint density at radius 2 is 1.72 bits per heavy atom. The molecule has 0 fully saturated rings. The van der Waals surface area contributed by atoms with Gasteiger partial charge in [0.05, 0.1) is 7.11 Å². The second-order valence-corrected chi connectivity index (χ2v) is 4.26. The summed E-state index contributed by atoms with van der Waals surface area (Å²) in [6, 6.07) is 15.9. The number of nitrogen functional groups attached to an aromatic ring is 1. The quantitative estimate of drug-likeness (QED) is 0.838. The topological polar surface area (TPSA) is 38.5 Å². The molecule has 0 unspecified atom stereocenters. The van der Waals surface area contributed by atoms with Crippen molar-refractivity contribution in [3.63, 3.8) is 0 Å². The van der Waals surface area contributed by atoms with Crippen molar-refractivity contribution in [1.29, 1.82) is 0 Å². The van der Waals surface area contributed by atoms with Crippen LogP contribution in [0, 0.1) is 0 Å². The zero-order valence-electron chi connectivity index (χ0n) is 10.8. The van der Waals surface area contributed by atoms with Crippen LogP contribution in [0.2, 0.25) is 0 Å². The van der Waals surface area contributed by atoms with E-state index in [1.165, 1.54) is 5.56 Å². The third kappa shape index (κ3) is 2.74. The SMILES string of the molecule is COc1ccccc1CN(C)c1ccc(N)cc1. The summed E-state index contributed by atoms with van der Waals surface area (Å²) >= 11 is 0. The predicted octanol–water partition coefficient (Wildman–Crippen LogP) is 2.91. The van der Waals surface area contributed by atoms with E-state index in [4.69, 9.17) is 10.5 Å². The lowest BCUT2D eigenvalue weighted by Gasteiger charge is -2.20. The average Bonchev–Trinajstić information content (AvgIpc) is 2.40. The highest BCUT2D eigenvalue weighted by molar-refractivity contribution is 5.53. The van der Waals surface area contributed by atoms with Gasteiger partial charge in [-0.15, -0.1) is 0 Å². The number of nitrogens with two attached hydrogens (primary N) is 1. The van der Waals surface area contributed by atoms with E-state index in [1.807, 2.05) is 42.5 Å². The lowest BCUT2D eigenvalue weighted by atomic mass is 10.2. The monoisotopic (exact) mass is 242 g/mol. The van der Waals surface area contributed by atoms with Crippen molar-refractivity contribution in [2.24, 2.45) is 0 Å². The molecule has 0 aliphatic heterocycles. The van der Waals surface area contributed by atoms with Crippen molar-refractivity contribution in [2.75, 3.05) is 24.8 Å². The van der Waals surface area contributed by atoms with Crippen molar-refractivity contribution in [2.45, 2.75) is 6.54 Å². The van der Waals surface area contributed by atoms with Crippen LogP contribution < -0.4 is 15.4 Å². The molecule has 0 radical (unpaired) electrons. The molecule has 0 atom stereocenters. The Kier molecular flexibility index (Phi) is 3.72. The van der Waals surface area contributed by atoms with E-state index in [-0.39, 0.29) is 0 Å². The van der Waals surface area contributed by atoms with E-state index in [1.54, 1.807) is 7.11 Å². The van der Waals surface area contributed by atoms with Gasteiger partial charge in [0.1, 0.15) is 5.75 Å². The van der Waals surface area contributed by atoms with Gasteiger partial charge in [0.2, 0.25) is 0 Å². The molecule has 0 aromatic heterocycles. The van der Waals surface area contributed by atoms with Gasteiger partial charge in [0.25, 0.3) is 0 Å². The van der Waals surface area contributed by atoms with Gasteiger partial charge < -0.3 is 15.4 Å². The first-order valence-corrected chi connectivity index (χ1v) is 5.89. The van der Waals surface area contributed by atoms with Crippen LogP contribution in [0.5, 0.6) is 5.75 Å². The molecule has 2 rings (SSSR count). The maximum absolute atomic E-state index is 5.69. The Labute approximate surface area is 108 Å². The van der Waals surface area contributed by atoms with Crippen LogP contribution in [-0.4, -0.2) is 14.2 Å². The van der Waals surface area contributed by atoms with Crippen LogP contribution >= 0.6 is 0 Å². The molecule has 94 valence electrons. The van der Waals surface area contributed by atoms with Crippen LogP contribution in [0.3, 0.4) is 0 Å². The number of anilines is 2. The standard InChI is InChI=1S/C15H18N2O/c1-17(14-9-7-13(16)8-10-14)11-12-5-3-4-6-15(12)18-2/h3-10H,11,16H2,1-2H3. The van der Waals surface area contributed by atoms with E-state index in [0.717, 1.165) is 23.7 Å². The molecule has 3 heteroatoms. The second kappa shape index (κ2) is 5.45. The minimum Gasteiger partial charge on any atom is -0.496 e. The van der Waals surface area contributed by atoms with Gasteiger partial charge in [0, 0.05) is 30.5 Å². The van der Waals surface area contributed by atoms with Gasteiger partial charge in [-0.2, -0.15) is 0 Å². The van der Waals surface area contributed by atoms with Crippen LogP contribution in [0.15, 0.2) is 48.5 Å². The summed E-state index contributed by atoms with van der Waals surface area (Å²) < 4.78 is 5.35. The maximum Gasteiger partial charge on any atom is 0.123 e. The number of para-hydroxylation sites is 1. The summed E-state index contributed by atoms with van der Waals surface area (Å²) in [4.78, 5) is 2.16. The lowest BCUT2D eigenvalue weighted by Crippen LogP contribution is -2.16. The highest BCUT2D eigenvalue weighted by Gasteiger charge is 2.06. The molecule has 0 bridgehead atoms. The molecule has 2 aromatic rings. The largest absolute Gasteiger partial charge is 0.496 e. The number of nitrogens with zero attached hydrogens (tertiary/aromatic N) is 1. The van der Waals surface area contributed by atoms with E-state index < -0.39 is 0 Å². The van der Waals surface area contributed by atoms with Crippen LogP contribution in [0.25, 0.3) is 0 Å². The van der Waals surface area contributed by atoms with Crippen LogP contribution in [-0.2, 0) is 6.54 Å². The Bertz CT molecular complexity index is 508. The predicted molar refractivity (Wildman–Crippen MR) is 76.0 cm³/mol. The number of rotatable bonds is 4. The molecule has 0 saturated heterocycles. The molecule has 3 nitrogen and oxygen atoms in total. The summed E-state index contributed by atoms with van der Waals surface area (Å²) in [5.41, 5.74) is 8.77. The normalized spacial score (nSPS) is 10.1. The van der Waals surface area contributed by atoms with Gasteiger partial charge in [-0.25, -0.2) is 0 Å². The van der Waals surface area contributed by atoms with E-state index in [2.05, 4.69) is 18.0 Å². The fourth-order valence-corrected chi connectivity index (χ4v) is 1.91. The van der Waals surface area contributed by atoms with Crippen LogP contribution in [0.1, 0.15) is 5.56 Å². The Hall–Kier alpha value is -2.16. The number of methoxy groups -OCH3 is 1. The van der Waals surface area contributed by atoms with Crippen LogP contribution in [0.4, 0.5) is 11.4 Å². The highest BCUT2D eigenvalue weighted by Crippen LogP contribution is 2.22. The number of ether oxygens (including phenoxy) is 1. The minimum atomic E-state index is 0.782. The fourth-order valence-electron chi connectivity index (χ4n) is 1.91. The van der Waals surface area contributed by atoms with Gasteiger partial charge in [-0.05, 0) is 30.3 Å². The van der Waals surface area contributed by atoms with Gasteiger partial charge in [-0.3, -0.25) is 0 Å². The average molecular weight is 242 g/mol. The summed E-state index contributed by atoms with van der Waals surface area (Å²) in [6.07, 6.45) is 0. The number of hydrogen-bond donors (Lipinski definition) is 1. The Morgan fingerprint density at radius 1 is 1.06 bits per heavy atom. The first kappa shape index (κ1) is 12.3. The van der Waals surface area contributed by atoms with Gasteiger partial charge in [0.15, 0.2) is 0 Å². The Morgan fingerprint density at radius 3 is 2.39 bits per heavy atom. The molecule has 2 N–H and O–H groups in total. The summed E-state index contributed by atoms with van der Waals surface area (Å²) in [6.45, 7) is 0.800. The van der Waals surface area contributed by atoms with E-state index in [0.29, 0.717) is 0 Å². The van der Waals surface area contributed by atoms with E-state index >= 15 is 0 Å². The molecule has 0 amide bonds. The third-order valence-electron chi connectivity index (χ3n) is 2.93. The summed E-state index contributed by atoms with van der Waals surface area (Å²) in [7, 11) is 3.75. The molecular formula is C15H18N2O. The molecule has 0 heterocycles. The molecular weight excluding hydrogens is 224 g/mol. The second-order valence-electron chi connectivity index (χ2n) is 4.26. The van der Waals surface area contributed by atoms with Gasteiger partial charge in [-0.1, -0.05) is 18.2 Å². The van der Waals surface area contributed by atoms with Crippen molar-refractivity contribution in [3.8, 4) is 5.75 Å². The molecule has 2 aromatic carbocycles. The Balaban J connectivity index is 2.15. The molecule has 18 heavy (non-hydrogen) atoms. The zero-order chi connectivity index (χ0) is 13.0. The first-order valence-electron chi connectivity index (χ1n) is 5.89. The number of hydrogen-bond acceptors (Lipinski definition) is 3. The third-order valence-corrected chi connectivity index (χ3v) is 2.93. The minimum absolute atomic E-state index is 0.782. The van der Waals surface area contributed by atoms with Crippen molar-refractivity contribution in [3.05, 3.63) is 54.1 Å². The zero-order valence-corrected chi connectivity index (χ0v) is 10.8. The van der Waals surface area contributed by atoms with E-state index in [9.17, 15) is 0 Å². The van der Waals surface area contributed by atoms with Gasteiger partial charge >= 0.3 is 0 Å². The lowest BCUT2D eigenvalue weighted by molar-refractivity contribution is 0.409.